The van der Waals surface area contributed by atoms with Gasteiger partial charge in [-0.3, -0.25) is 4.72 Å². The molecule has 1 fully saturated rings. The van der Waals surface area contributed by atoms with Gasteiger partial charge in [-0.2, -0.15) is 0 Å². The zero-order chi connectivity index (χ0) is 20.6. The largest absolute Gasteiger partial charge is 0.493 e. The predicted molar refractivity (Wildman–Crippen MR) is 112 cm³/mol. The lowest BCUT2D eigenvalue weighted by Crippen LogP contribution is -2.33. The maximum Gasteiger partial charge on any atom is 0.229 e. The molecule has 0 spiro atoms. The average Bonchev–Trinajstić information content (AvgIpc) is 2.71. The molecule has 0 bridgehead atoms. The molecule has 1 aliphatic heterocycles. The molecule has 6 nitrogen and oxygen atoms in total. The fourth-order valence-electron chi connectivity index (χ4n) is 4.56. The number of sulfonamides is 1. The maximum absolute atomic E-state index is 11.7. The minimum atomic E-state index is -3.35. The van der Waals surface area contributed by atoms with Gasteiger partial charge < -0.3 is 14.2 Å². The van der Waals surface area contributed by atoms with Gasteiger partial charge in [0.2, 0.25) is 10.0 Å². The molecule has 1 N–H and O–H groups in total. The molecule has 7 heteroatoms. The van der Waals surface area contributed by atoms with Gasteiger partial charge in [-0.1, -0.05) is 25.0 Å². The number of ether oxygens (including phenoxy) is 3. The molecule has 4 rings (SSSR count). The van der Waals surface area contributed by atoms with Crippen LogP contribution >= 0.6 is 0 Å². The Hall–Kier alpha value is -2.25. The van der Waals surface area contributed by atoms with Crippen LogP contribution in [0.25, 0.3) is 0 Å². The first-order chi connectivity index (χ1) is 13.9. The molecular formula is C22H27NO5S. The molecule has 29 heavy (non-hydrogen) atoms. The van der Waals surface area contributed by atoms with E-state index in [1.54, 1.807) is 20.3 Å². The van der Waals surface area contributed by atoms with E-state index >= 15 is 0 Å². The number of hydrogen-bond acceptors (Lipinski definition) is 5. The van der Waals surface area contributed by atoms with Crippen molar-refractivity contribution in [2.24, 2.45) is 0 Å². The van der Waals surface area contributed by atoms with E-state index in [1.165, 1.54) is 12.0 Å². The van der Waals surface area contributed by atoms with E-state index in [4.69, 9.17) is 14.2 Å². The van der Waals surface area contributed by atoms with E-state index in [0.717, 1.165) is 42.4 Å². The molecule has 3 atom stereocenters. The lowest BCUT2D eigenvalue weighted by molar-refractivity contribution is -0.0391. The number of hydrogen-bond donors (Lipinski definition) is 1. The third-order valence-electron chi connectivity index (χ3n) is 5.78. The molecule has 0 unspecified atom stereocenters. The Morgan fingerprint density at radius 1 is 1.00 bits per heavy atom. The minimum Gasteiger partial charge on any atom is -0.493 e. The van der Waals surface area contributed by atoms with Gasteiger partial charge in [0.15, 0.2) is 11.5 Å². The summed E-state index contributed by atoms with van der Waals surface area (Å²) in [5.74, 6) is 1.73. The van der Waals surface area contributed by atoms with Crippen molar-refractivity contribution in [2.75, 3.05) is 25.2 Å². The lowest BCUT2D eigenvalue weighted by Gasteiger charge is -2.41. The number of methoxy groups -OCH3 is 2. The Bertz CT molecular complexity index is 1000. The van der Waals surface area contributed by atoms with Crippen molar-refractivity contribution in [1.29, 1.82) is 0 Å². The van der Waals surface area contributed by atoms with Crippen LogP contribution in [0.2, 0.25) is 0 Å². The smallest absolute Gasteiger partial charge is 0.229 e. The zero-order valence-corrected chi connectivity index (χ0v) is 17.8. The van der Waals surface area contributed by atoms with Crippen molar-refractivity contribution in [3.05, 3.63) is 53.1 Å². The minimum absolute atomic E-state index is 0.144. The predicted octanol–water partition coefficient (Wildman–Crippen LogP) is 4.22. The molecule has 0 saturated heterocycles. The third kappa shape index (κ3) is 4.07. The number of benzene rings is 2. The summed E-state index contributed by atoms with van der Waals surface area (Å²) in [6.45, 7) is 0. The van der Waals surface area contributed by atoms with E-state index < -0.39 is 10.0 Å². The molecule has 0 radical (unpaired) electrons. The SMILES string of the molecule is COc1cc2c(cc1OC)[C@H]1CCCC[C@@H]1O[C@@H]2c1cccc(NS(C)(=O)=O)c1. The fraction of sp³-hybridized carbons (Fsp3) is 0.455. The Morgan fingerprint density at radius 3 is 2.38 bits per heavy atom. The second-order valence-corrected chi connectivity index (χ2v) is 9.53. The number of nitrogens with one attached hydrogen (secondary N) is 1. The maximum atomic E-state index is 11.7. The first-order valence-corrected chi connectivity index (χ1v) is 11.8. The molecule has 2 aliphatic rings. The number of fused-ring (bicyclic) bond motifs is 3. The summed E-state index contributed by atoms with van der Waals surface area (Å²) in [4.78, 5) is 0. The van der Waals surface area contributed by atoms with Crippen LogP contribution in [0.5, 0.6) is 11.5 Å². The Labute approximate surface area is 172 Å². The third-order valence-corrected chi connectivity index (χ3v) is 6.38. The van der Waals surface area contributed by atoms with Crippen molar-refractivity contribution >= 4 is 15.7 Å². The van der Waals surface area contributed by atoms with Crippen LogP contribution in [0.4, 0.5) is 5.69 Å². The molecule has 0 aromatic heterocycles. The molecule has 2 aromatic rings. The molecule has 2 aromatic carbocycles. The summed E-state index contributed by atoms with van der Waals surface area (Å²) in [6.07, 6.45) is 5.47. The monoisotopic (exact) mass is 417 g/mol. The van der Waals surface area contributed by atoms with Gasteiger partial charge in [0.1, 0.15) is 6.10 Å². The lowest BCUT2D eigenvalue weighted by atomic mass is 9.76. The van der Waals surface area contributed by atoms with Crippen LogP contribution < -0.4 is 14.2 Å². The van der Waals surface area contributed by atoms with Crippen molar-refractivity contribution in [3.63, 3.8) is 0 Å². The highest BCUT2D eigenvalue weighted by Crippen LogP contribution is 2.49. The van der Waals surface area contributed by atoms with Crippen molar-refractivity contribution in [2.45, 2.75) is 43.8 Å². The van der Waals surface area contributed by atoms with Gasteiger partial charge in [-0.15, -0.1) is 0 Å². The standard InChI is InChI=1S/C22H27NO5S/c1-26-20-12-17-16-9-4-5-10-19(16)28-22(18(17)13-21(20)27-2)14-7-6-8-15(11-14)23-29(3,24)25/h6-8,11-13,16,19,22-23H,4-5,9-10H2,1-3H3/t16-,19+,22-/m1/s1. The van der Waals surface area contributed by atoms with Crippen LogP contribution in [-0.2, 0) is 14.8 Å². The quantitative estimate of drug-likeness (QED) is 0.788. The van der Waals surface area contributed by atoms with Gasteiger partial charge in [0.25, 0.3) is 0 Å². The first-order valence-electron chi connectivity index (χ1n) is 9.88. The normalized spacial score (nSPS) is 23.6. The van der Waals surface area contributed by atoms with Crippen LogP contribution in [-0.4, -0.2) is 35.0 Å². The van der Waals surface area contributed by atoms with Crippen molar-refractivity contribution in [3.8, 4) is 11.5 Å². The van der Waals surface area contributed by atoms with Gasteiger partial charge in [0, 0.05) is 11.6 Å². The zero-order valence-electron chi connectivity index (χ0n) is 17.0. The van der Waals surface area contributed by atoms with E-state index in [9.17, 15) is 8.42 Å². The Kier molecular flexibility index (Phi) is 5.44. The highest BCUT2D eigenvalue weighted by molar-refractivity contribution is 7.92. The summed E-state index contributed by atoms with van der Waals surface area (Å²) < 4.78 is 43.5. The van der Waals surface area contributed by atoms with Gasteiger partial charge in [-0.25, -0.2) is 8.42 Å². The van der Waals surface area contributed by atoms with Crippen LogP contribution in [0, 0.1) is 0 Å². The van der Waals surface area contributed by atoms with Gasteiger partial charge in [0.05, 0.1) is 26.6 Å². The molecular weight excluding hydrogens is 390 g/mol. The summed E-state index contributed by atoms with van der Waals surface area (Å²) in [7, 11) is -0.0707. The second-order valence-electron chi connectivity index (χ2n) is 7.78. The van der Waals surface area contributed by atoms with E-state index in [0.29, 0.717) is 17.4 Å². The molecule has 1 aliphatic carbocycles. The van der Waals surface area contributed by atoms with Crippen LogP contribution in [0.1, 0.15) is 54.4 Å². The van der Waals surface area contributed by atoms with E-state index in [2.05, 4.69) is 10.8 Å². The van der Waals surface area contributed by atoms with Crippen molar-refractivity contribution in [1.82, 2.24) is 0 Å². The summed E-state index contributed by atoms with van der Waals surface area (Å²) in [5, 5.41) is 0. The Morgan fingerprint density at radius 2 is 1.69 bits per heavy atom. The second kappa shape index (κ2) is 7.88. The average molecular weight is 418 g/mol. The van der Waals surface area contributed by atoms with Crippen LogP contribution in [0.15, 0.2) is 36.4 Å². The molecule has 0 amide bonds. The molecule has 156 valence electrons. The number of rotatable bonds is 5. The Balaban J connectivity index is 1.81. The number of anilines is 1. The highest BCUT2D eigenvalue weighted by Gasteiger charge is 2.38. The summed E-state index contributed by atoms with van der Waals surface area (Å²) >= 11 is 0. The van der Waals surface area contributed by atoms with Gasteiger partial charge >= 0.3 is 0 Å². The van der Waals surface area contributed by atoms with E-state index in [1.807, 2.05) is 24.3 Å². The summed E-state index contributed by atoms with van der Waals surface area (Å²) in [6, 6.07) is 11.5. The van der Waals surface area contributed by atoms with E-state index in [-0.39, 0.29) is 12.2 Å². The topological polar surface area (TPSA) is 73.9 Å². The van der Waals surface area contributed by atoms with Crippen LogP contribution in [0.3, 0.4) is 0 Å². The van der Waals surface area contributed by atoms with Crippen molar-refractivity contribution < 1.29 is 22.6 Å². The molecule has 1 heterocycles. The summed E-state index contributed by atoms with van der Waals surface area (Å²) in [5.41, 5.74) is 3.74. The molecule has 1 saturated carbocycles. The highest BCUT2D eigenvalue weighted by atomic mass is 32.2. The van der Waals surface area contributed by atoms with Gasteiger partial charge in [-0.05, 0) is 53.8 Å². The first kappa shape index (κ1) is 20.0. The fourth-order valence-corrected chi connectivity index (χ4v) is 5.11.